The minimum atomic E-state index is -0.386. The first kappa shape index (κ1) is 20.6. The molecule has 4 nitrogen and oxygen atoms in total. The van der Waals surface area contributed by atoms with E-state index in [2.05, 4.69) is 10.6 Å². The normalized spacial score (nSPS) is 11.6. The van der Waals surface area contributed by atoms with E-state index < -0.39 is 0 Å². The minimum absolute atomic E-state index is 0.0713. The number of anilines is 2. The first-order valence-corrected chi connectivity index (χ1v) is 10.0. The number of amides is 2. The van der Waals surface area contributed by atoms with Crippen molar-refractivity contribution in [2.45, 2.75) is 24.0 Å². The van der Waals surface area contributed by atoms with Crippen molar-refractivity contribution in [3.8, 4) is 0 Å². The predicted octanol–water partition coefficient (Wildman–Crippen LogP) is 5.51. The predicted molar refractivity (Wildman–Crippen MR) is 116 cm³/mol. The third-order valence-corrected chi connectivity index (χ3v) is 5.42. The molecule has 0 spiro atoms. The van der Waals surface area contributed by atoms with Crippen LogP contribution in [0, 0.1) is 12.7 Å². The summed E-state index contributed by atoms with van der Waals surface area (Å²) in [5, 5.41) is 5.43. The van der Waals surface area contributed by atoms with Gasteiger partial charge in [0.15, 0.2) is 0 Å². The maximum atomic E-state index is 13.0. The highest BCUT2D eigenvalue weighted by Gasteiger charge is 2.15. The molecule has 1 unspecified atom stereocenters. The number of aryl methyl sites for hydroxylation is 1. The Hall–Kier alpha value is -3.12. The number of para-hydroxylation sites is 1. The van der Waals surface area contributed by atoms with Gasteiger partial charge in [-0.1, -0.05) is 18.2 Å². The van der Waals surface area contributed by atoms with Gasteiger partial charge in [-0.15, -0.1) is 11.8 Å². The van der Waals surface area contributed by atoms with Crippen molar-refractivity contribution < 1.29 is 14.0 Å². The highest BCUT2D eigenvalue weighted by atomic mass is 32.2. The average molecular weight is 408 g/mol. The summed E-state index contributed by atoms with van der Waals surface area (Å²) in [6.07, 6.45) is 0. The van der Waals surface area contributed by atoms with Crippen molar-refractivity contribution >= 4 is 35.0 Å². The van der Waals surface area contributed by atoms with Gasteiger partial charge < -0.3 is 10.6 Å². The van der Waals surface area contributed by atoms with Gasteiger partial charge >= 0.3 is 0 Å². The summed E-state index contributed by atoms with van der Waals surface area (Å²) in [6.45, 7) is 3.80. The first-order chi connectivity index (χ1) is 13.9. The highest BCUT2D eigenvalue weighted by Crippen LogP contribution is 2.26. The zero-order valence-corrected chi connectivity index (χ0v) is 16.9. The highest BCUT2D eigenvalue weighted by molar-refractivity contribution is 8.00. The average Bonchev–Trinajstić information content (AvgIpc) is 2.71. The van der Waals surface area contributed by atoms with Crippen LogP contribution in [0.2, 0.25) is 0 Å². The molecule has 0 aliphatic rings. The molecule has 0 radical (unpaired) electrons. The van der Waals surface area contributed by atoms with Crippen molar-refractivity contribution in [3.05, 3.63) is 89.7 Å². The van der Waals surface area contributed by atoms with Gasteiger partial charge in [0.25, 0.3) is 5.91 Å². The number of benzene rings is 3. The second kappa shape index (κ2) is 9.39. The molecule has 2 amide bonds. The van der Waals surface area contributed by atoms with E-state index >= 15 is 0 Å². The van der Waals surface area contributed by atoms with Crippen LogP contribution in [-0.2, 0) is 4.79 Å². The molecule has 0 aliphatic carbocycles. The van der Waals surface area contributed by atoms with E-state index in [1.54, 1.807) is 12.1 Å². The van der Waals surface area contributed by atoms with Gasteiger partial charge in [0.05, 0.1) is 5.25 Å². The summed E-state index contributed by atoms with van der Waals surface area (Å²) in [5.74, 6) is -0.766. The number of hydrogen-bond acceptors (Lipinski definition) is 3. The van der Waals surface area contributed by atoms with E-state index in [4.69, 9.17) is 0 Å². The van der Waals surface area contributed by atoms with E-state index in [1.165, 1.54) is 36.0 Å². The Balaban J connectivity index is 1.57. The van der Waals surface area contributed by atoms with E-state index in [-0.39, 0.29) is 22.9 Å². The van der Waals surface area contributed by atoms with Gasteiger partial charge in [0.2, 0.25) is 5.91 Å². The van der Waals surface area contributed by atoms with Gasteiger partial charge in [0, 0.05) is 21.8 Å². The number of hydrogen-bond donors (Lipinski definition) is 2. The van der Waals surface area contributed by atoms with Crippen molar-refractivity contribution in [1.82, 2.24) is 0 Å². The number of rotatable bonds is 6. The Morgan fingerprint density at radius 1 is 0.897 bits per heavy atom. The molecule has 0 aliphatic heterocycles. The lowest BCUT2D eigenvalue weighted by atomic mass is 10.2. The van der Waals surface area contributed by atoms with Crippen molar-refractivity contribution in [3.63, 3.8) is 0 Å². The number of nitrogens with one attached hydrogen (secondary N) is 2. The zero-order chi connectivity index (χ0) is 20.8. The Labute approximate surface area is 173 Å². The summed E-state index contributed by atoms with van der Waals surface area (Å²) in [7, 11) is 0. The number of carbonyl (C=O) groups excluding carboxylic acids is 2. The molecule has 1 atom stereocenters. The van der Waals surface area contributed by atoms with E-state index in [0.29, 0.717) is 11.3 Å². The molecule has 0 heterocycles. The maximum Gasteiger partial charge on any atom is 0.255 e. The SMILES string of the molecule is Cc1ccccc1NC(=O)C(C)Sc1ccc(NC(=O)c2ccc(F)cc2)cc1. The van der Waals surface area contributed by atoms with Crippen molar-refractivity contribution in [2.24, 2.45) is 0 Å². The molecule has 0 saturated carbocycles. The van der Waals surface area contributed by atoms with Crippen molar-refractivity contribution in [2.75, 3.05) is 10.6 Å². The van der Waals surface area contributed by atoms with Gasteiger partial charge in [-0.2, -0.15) is 0 Å². The van der Waals surface area contributed by atoms with Gasteiger partial charge in [-0.25, -0.2) is 4.39 Å². The molecule has 0 aromatic heterocycles. The smallest absolute Gasteiger partial charge is 0.255 e. The Bertz CT molecular complexity index is 1000. The van der Waals surface area contributed by atoms with Crippen LogP contribution >= 0.6 is 11.8 Å². The van der Waals surface area contributed by atoms with Gasteiger partial charge in [-0.05, 0) is 74.0 Å². The first-order valence-electron chi connectivity index (χ1n) is 9.12. The second-order valence-corrected chi connectivity index (χ2v) is 7.96. The molecule has 6 heteroatoms. The zero-order valence-electron chi connectivity index (χ0n) is 16.1. The van der Waals surface area contributed by atoms with Crippen LogP contribution in [0.5, 0.6) is 0 Å². The third-order valence-electron chi connectivity index (χ3n) is 4.30. The van der Waals surface area contributed by atoms with Crippen LogP contribution in [-0.4, -0.2) is 17.1 Å². The maximum absolute atomic E-state index is 13.0. The van der Waals surface area contributed by atoms with Crippen LogP contribution in [0.4, 0.5) is 15.8 Å². The summed E-state index contributed by atoms with van der Waals surface area (Å²) in [6, 6.07) is 20.3. The van der Waals surface area contributed by atoms with Crippen molar-refractivity contribution in [1.29, 1.82) is 0 Å². The van der Waals surface area contributed by atoms with Crippen LogP contribution < -0.4 is 10.6 Å². The molecule has 148 valence electrons. The topological polar surface area (TPSA) is 58.2 Å². The Kier molecular flexibility index (Phi) is 6.67. The lowest BCUT2D eigenvalue weighted by molar-refractivity contribution is -0.115. The molecular formula is C23H21FN2O2S. The van der Waals surface area contributed by atoms with E-state index in [9.17, 15) is 14.0 Å². The standard InChI is InChI=1S/C23H21FN2O2S/c1-15-5-3-4-6-21(15)26-22(27)16(2)29-20-13-11-19(12-14-20)25-23(28)17-7-9-18(24)10-8-17/h3-14,16H,1-2H3,(H,25,28)(H,26,27). The summed E-state index contributed by atoms with van der Waals surface area (Å²) >= 11 is 1.44. The van der Waals surface area contributed by atoms with Crippen LogP contribution in [0.15, 0.2) is 77.7 Å². The largest absolute Gasteiger partial charge is 0.325 e. The Morgan fingerprint density at radius 3 is 2.21 bits per heavy atom. The quantitative estimate of drug-likeness (QED) is 0.529. The second-order valence-electron chi connectivity index (χ2n) is 6.55. The van der Waals surface area contributed by atoms with Crippen LogP contribution in [0.1, 0.15) is 22.8 Å². The summed E-state index contributed by atoms with van der Waals surface area (Å²) < 4.78 is 13.0. The Morgan fingerprint density at radius 2 is 1.55 bits per heavy atom. The van der Waals surface area contributed by atoms with Crippen LogP contribution in [0.25, 0.3) is 0 Å². The molecule has 2 N–H and O–H groups in total. The molecule has 3 aromatic rings. The molecule has 0 fully saturated rings. The lowest BCUT2D eigenvalue weighted by Crippen LogP contribution is -2.22. The number of halogens is 1. The molecule has 29 heavy (non-hydrogen) atoms. The van der Waals surface area contributed by atoms with Gasteiger partial charge in [0.1, 0.15) is 5.82 Å². The third kappa shape index (κ3) is 5.68. The lowest BCUT2D eigenvalue weighted by Gasteiger charge is -2.14. The minimum Gasteiger partial charge on any atom is -0.325 e. The molecule has 0 saturated heterocycles. The molecule has 0 bridgehead atoms. The molecule has 3 aromatic carbocycles. The fourth-order valence-electron chi connectivity index (χ4n) is 2.63. The number of thioether (sulfide) groups is 1. The fourth-order valence-corrected chi connectivity index (χ4v) is 3.49. The summed E-state index contributed by atoms with van der Waals surface area (Å²) in [5.41, 5.74) is 2.83. The molecular weight excluding hydrogens is 387 g/mol. The van der Waals surface area contributed by atoms with E-state index in [0.717, 1.165) is 16.1 Å². The fraction of sp³-hybridized carbons (Fsp3) is 0.130. The number of carbonyl (C=O) groups is 2. The summed E-state index contributed by atoms with van der Waals surface area (Å²) in [4.78, 5) is 25.5. The van der Waals surface area contributed by atoms with Crippen LogP contribution in [0.3, 0.4) is 0 Å². The van der Waals surface area contributed by atoms with Gasteiger partial charge in [-0.3, -0.25) is 9.59 Å². The van der Waals surface area contributed by atoms with E-state index in [1.807, 2.05) is 50.2 Å². The monoisotopic (exact) mass is 408 g/mol. The molecule has 3 rings (SSSR count).